The summed E-state index contributed by atoms with van der Waals surface area (Å²) in [6.45, 7) is 1.88. The van der Waals surface area contributed by atoms with Crippen LogP contribution in [0.15, 0.2) is 40.5 Å². The van der Waals surface area contributed by atoms with Gasteiger partial charge in [-0.15, -0.1) is 0 Å². The van der Waals surface area contributed by atoms with Gasteiger partial charge < -0.3 is 10.5 Å². The maximum absolute atomic E-state index is 11.5. The van der Waals surface area contributed by atoms with Gasteiger partial charge in [-0.2, -0.15) is 0 Å². The molecule has 0 unspecified atom stereocenters. The van der Waals surface area contributed by atoms with Crippen molar-refractivity contribution in [3.63, 3.8) is 0 Å². The first-order valence-corrected chi connectivity index (χ1v) is 6.01. The molecular weight excluding hydrogens is 228 g/mol. The van der Waals surface area contributed by atoms with Crippen LogP contribution in [-0.4, -0.2) is 13.6 Å². The van der Waals surface area contributed by atoms with Gasteiger partial charge in [0.05, 0.1) is 6.20 Å². The summed E-state index contributed by atoms with van der Waals surface area (Å²) >= 11 is 0. The average Bonchev–Trinajstić information content (AvgIpc) is 2.45. The van der Waals surface area contributed by atoms with Crippen LogP contribution in [0.3, 0.4) is 0 Å². The van der Waals surface area contributed by atoms with Crippen molar-refractivity contribution in [3.8, 4) is 5.75 Å². The van der Waals surface area contributed by atoms with Crippen LogP contribution in [0.1, 0.15) is 5.56 Å². The molecule has 0 saturated heterocycles. The van der Waals surface area contributed by atoms with Crippen LogP contribution in [-0.2, 0) is 9.84 Å². The first-order chi connectivity index (χ1) is 7.50. The standard InChI is InChI=1S/C10H10N2O3S/c1-7-3-2-4-8(5-7)15-10-12-6-9(11)16(10,13)14/h2-6H,11H2,1H3. The molecule has 0 bridgehead atoms. The fourth-order valence-corrected chi connectivity index (χ4v) is 2.01. The van der Waals surface area contributed by atoms with Crippen LogP contribution in [0, 0.1) is 6.92 Å². The van der Waals surface area contributed by atoms with Crippen molar-refractivity contribution in [1.82, 2.24) is 0 Å². The number of nitrogens with two attached hydrogens (primary N) is 1. The lowest BCUT2D eigenvalue weighted by Crippen LogP contribution is -2.22. The maximum Gasteiger partial charge on any atom is 0.321 e. The summed E-state index contributed by atoms with van der Waals surface area (Å²) in [5.74, 6) is 0.422. The van der Waals surface area contributed by atoms with E-state index in [2.05, 4.69) is 4.99 Å². The van der Waals surface area contributed by atoms with Gasteiger partial charge in [-0.25, -0.2) is 13.4 Å². The molecule has 2 rings (SSSR count). The second kappa shape index (κ2) is 3.64. The zero-order valence-corrected chi connectivity index (χ0v) is 9.36. The van der Waals surface area contributed by atoms with Gasteiger partial charge in [-0.1, -0.05) is 12.1 Å². The summed E-state index contributed by atoms with van der Waals surface area (Å²) in [4.78, 5) is 3.61. The highest BCUT2D eigenvalue weighted by molar-refractivity contribution is 8.09. The minimum absolute atomic E-state index is 0.296. The number of nitrogens with zero attached hydrogens (tertiary/aromatic N) is 1. The largest absolute Gasteiger partial charge is 0.430 e. The van der Waals surface area contributed by atoms with E-state index >= 15 is 0 Å². The average molecular weight is 238 g/mol. The molecule has 0 amide bonds. The Hall–Kier alpha value is -1.82. The van der Waals surface area contributed by atoms with Gasteiger partial charge in [0.2, 0.25) is 0 Å². The number of ether oxygens (including phenoxy) is 1. The SMILES string of the molecule is Cc1cccc(OC2=NC=C(N)S2(=O)=O)c1. The molecule has 0 aliphatic carbocycles. The van der Waals surface area contributed by atoms with E-state index in [1.54, 1.807) is 18.2 Å². The van der Waals surface area contributed by atoms with E-state index in [1.807, 2.05) is 13.0 Å². The predicted octanol–water partition coefficient (Wildman–Crippen LogP) is 0.916. The topological polar surface area (TPSA) is 81.8 Å². The lowest BCUT2D eigenvalue weighted by Gasteiger charge is -2.05. The van der Waals surface area contributed by atoms with Crippen molar-refractivity contribution in [2.75, 3.05) is 0 Å². The van der Waals surface area contributed by atoms with Gasteiger partial charge in [-0.05, 0) is 24.6 Å². The molecule has 0 aromatic heterocycles. The minimum Gasteiger partial charge on any atom is -0.430 e. The quantitative estimate of drug-likeness (QED) is 0.788. The van der Waals surface area contributed by atoms with Gasteiger partial charge in [0.15, 0.2) is 5.03 Å². The summed E-state index contributed by atoms with van der Waals surface area (Å²) in [7, 11) is -3.71. The highest BCUT2D eigenvalue weighted by Crippen LogP contribution is 2.18. The molecule has 0 fully saturated rings. The number of aryl methyl sites for hydroxylation is 1. The zero-order chi connectivity index (χ0) is 11.8. The first-order valence-electron chi connectivity index (χ1n) is 4.53. The van der Waals surface area contributed by atoms with Crippen molar-refractivity contribution >= 4 is 15.1 Å². The third-order valence-electron chi connectivity index (χ3n) is 2.03. The van der Waals surface area contributed by atoms with Crippen molar-refractivity contribution in [3.05, 3.63) is 41.1 Å². The Labute approximate surface area is 93.2 Å². The summed E-state index contributed by atoms with van der Waals surface area (Å²) < 4.78 is 28.2. The Kier molecular flexibility index (Phi) is 2.43. The molecule has 2 N–H and O–H groups in total. The van der Waals surface area contributed by atoms with E-state index in [9.17, 15) is 8.42 Å². The van der Waals surface area contributed by atoms with Crippen LogP contribution in [0.5, 0.6) is 5.75 Å². The fourth-order valence-electron chi connectivity index (χ4n) is 1.22. The van der Waals surface area contributed by atoms with E-state index in [-0.39, 0.29) is 10.3 Å². The number of sulfone groups is 1. The fraction of sp³-hybridized carbons (Fsp3) is 0.100. The molecule has 5 nitrogen and oxygen atoms in total. The van der Waals surface area contributed by atoms with Gasteiger partial charge in [-0.3, -0.25) is 0 Å². The third-order valence-corrected chi connectivity index (χ3v) is 3.41. The maximum atomic E-state index is 11.5. The van der Waals surface area contributed by atoms with Crippen LogP contribution in [0.25, 0.3) is 0 Å². The minimum atomic E-state index is -3.71. The van der Waals surface area contributed by atoms with Crippen molar-refractivity contribution in [2.45, 2.75) is 6.92 Å². The molecule has 0 radical (unpaired) electrons. The normalized spacial score (nSPS) is 17.8. The molecule has 0 spiro atoms. The number of benzene rings is 1. The molecule has 1 aliphatic rings. The highest BCUT2D eigenvalue weighted by Gasteiger charge is 2.30. The molecule has 1 aliphatic heterocycles. The molecule has 1 aromatic rings. The van der Waals surface area contributed by atoms with Gasteiger partial charge >= 0.3 is 5.23 Å². The summed E-state index contributed by atoms with van der Waals surface area (Å²) in [6, 6.07) is 7.01. The summed E-state index contributed by atoms with van der Waals surface area (Å²) in [6.07, 6.45) is 1.07. The highest BCUT2D eigenvalue weighted by atomic mass is 32.2. The molecule has 0 atom stereocenters. The Morgan fingerprint density at radius 2 is 2.12 bits per heavy atom. The Morgan fingerprint density at radius 3 is 2.69 bits per heavy atom. The third kappa shape index (κ3) is 1.79. The molecular formula is C10H10N2O3S. The number of hydrogen-bond acceptors (Lipinski definition) is 5. The number of aliphatic imine (C=N–C) groups is 1. The second-order valence-electron chi connectivity index (χ2n) is 3.35. The molecule has 1 heterocycles. The second-order valence-corrected chi connectivity index (χ2v) is 5.18. The van der Waals surface area contributed by atoms with Crippen molar-refractivity contribution in [1.29, 1.82) is 0 Å². The predicted molar refractivity (Wildman–Crippen MR) is 60.4 cm³/mol. The van der Waals surface area contributed by atoms with Crippen LogP contribution < -0.4 is 10.5 Å². The summed E-state index contributed by atoms with van der Waals surface area (Å²) in [5.41, 5.74) is 6.23. The molecule has 84 valence electrons. The number of hydrogen-bond donors (Lipinski definition) is 1. The molecule has 6 heteroatoms. The van der Waals surface area contributed by atoms with E-state index in [0.717, 1.165) is 11.8 Å². The lowest BCUT2D eigenvalue weighted by atomic mass is 10.2. The molecule has 0 saturated carbocycles. The van der Waals surface area contributed by atoms with Crippen LogP contribution in [0.2, 0.25) is 0 Å². The van der Waals surface area contributed by atoms with Crippen LogP contribution >= 0.6 is 0 Å². The van der Waals surface area contributed by atoms with Crippen molar-refractivity contribution < 1.29 is 13.2 Å². The monoisotopic (exact) mass is 238 g/mol. The Bertz CT molecular complexity index is 588. The van der Waals surface area contributed by atoms with Gasteiger partial charge in [0.1, 0.15) is 5.75 Å². The van der Waals surface area contributed by atoms with Gasteiger partial charge in [0, 0.05) is 0 Å². The lowest BCUT2D eigenvalue weighted by molar-refractivity contribution is 0.549. The Morgan fingerprint density at radius 1 is 1.38 bits per heavy atom. The van der Waals surface area contributed by atoms with E-state index in [0.29, 0.717) is 5.75 Å². The van der Waals surface area contributed by atoms with Crippen LogP contribution in [0.4, 0.5) is 0 Å². The zero-order valence-electron chi connectivity index (χ0n) is 8.54. The van der Waals surface area contributed by atoms with Gasteiger partial charge in [0.25, 0.3) is 9.84 Å². The first kappa shape index (κ1) is 10.7. The summed E-state index contributed by atoms with van der Waals surface area (Å²) in [5, 5.41) is -0.675. The number of rotatable bonds is 1. The van der Waals surface area contributed by atoms with E-state index < -0.39 is 9.84 Å². The van der Waals surface area contributed by atoms with E-state index in [1.165, 1.54) is 0 Å². The molecule has 16 heavy (non-hydrogen) atoms. The Balaban J connectivity index is 2.26. The van der Waals surface area contributed by atoms with E-state index in [4.69, 9.17) is 10.5 Å². The smallest absolute Gasteiger partial charge is 0.321 e. The van der Waals surface area contributed by atoms with Crippen molar-refractivity contribution in [2.24, 2.45) is 10.7 Å². The molecule has 1 aromatic carbocycles.